The van der Waals surface area contributed by atoms with Crippen molar-refractivity contribution in [2.45, 2.75) is 32.4 Å². The van der Waals surface area contributed by atoms with E-state index in [1.54, 1.807) is 0 Å². The second-order valence-electron chi connectivity index (χ2n) is 4.61. The van der Waals surface area contributed by atoms with Gasteiger partial charge < -0.3 is 5.32 Å². The highest BCUT2D eigenvalue weighted by atomic mass is 15.3. The van der Waals surface area contributed by atoms with E-state index in [1.807, 2.05) is 18.8 Å². The lowest BCUT2D eigenvalue weighted by atomic mass is 10.3. The van der Waals surface area contributed by atoms with Crippen LogP contribution in [0.4, 0.5) is 0 Å². The first-order valence-electron chi connectivity index (χ1n) is 6.14. The maximum atomic E-state index is 4.48. The molecule has 2 heterocycles. The molecule has 90 valence electrons. The highest BCUT2D eigenvalue weighted by Crippen LogP contribution is 2.13. The Balaban J connectivity index is 1.96. The molecular weight excluding hydrogens is 200 g/mol. The fourth-order valence-corrected chi connectivity index (χ4v) is 2.33. The van der Waals surface area contributed by atoms with Gasteiger partial charge >= 0.3 is 0 Å². The van der Waals surface area contributed by atoms with Crippen LogP contribution in [-0.4, -0.2) is 40.9 Å². The van der Waals surface area contributed by atoms with Gasteiger partial charge in [0.15, 0.2) is 0 Å². The van der Waals surface area contributed by atoms with Crippen molar-refractivity contribution < 1.29 is 0 Å². The highest BCUT2D eigenvalue weighted by Gasteiger charge is 2.21. The minimum atomic E-state index is 0.666. The average Bonchev–Trinajstić information content (AvgIpc) is 2.87. The van der Waals surface area contributed by atoms with E-state index in [2.05, 4.69) is 28.3 Å². The summed E-state index contributed by atoms with van der Waals surface area (Å²) in [5.41, 5.74) is 2.52. The van der Waals surface area contributed by atoms with Crippen LogP contribution in [-0.2, 0) is 20.0 Å². The Bertz CT molecular complexity index is 345. The second-order valence-corrected chi connectivity index (χ2v) is 4.61. The fourth-order valence-electron chi connectivity index (χ4n) is 2.33. The number of likely N-dealkylation sites (tertiary alicyclic amines) is 1. The molecule has 2 rings (SSSR count). The van der Waals surface area contributed by atoms with Crippen molar-refractivity contribution in [3.05, 3.63) is 17.5 Å². The standard InChI is InChI=1S/C12H22N4/c1-4-10-7-12(15(3)14-10)9-16-6-5-11(8-16)13-2/h7,11,13H,4-6,8-9H2,1-3H3. The number of likely N-dealkylation sites (N-methyl/N-ethyl adjacent to an activating group) is 1. The zero-order chi connectivity index (χ0) is 11.5. The van der Waals surface area contributed by atoms with Crippen molar-refractivity contribution in [1.82, 2.24) is 20.0 Å². The first-order valence-corrected chi connectivity index (χ1v) is 6.14. The molecule has 4 nitrogen and oxygen atoms in total. The summed E-state index contributed by atoms with van der Waals surface area (Å²) in [6.45, 7) is 5.53. The summed E-state index contributed by atoms with van der Waals surface area (Å²) in [7, 11) is 4.09. The van der Waals surface area contributed by atoms with Gasteiger partial charge in [-0.3, -0.25) is 9.58 Å². The summed E-state index contributed by atoms with van der Waals surface area (Å²) in [4.78, 5) is 2.50. The Morgan fingerprint density at radius 2 is 2.38 bits per heavy atom. The third-order valence-electron chi connectivity index (χ3n) is 3.46. The van der Waals surface area contributed by atoms with Crippen molar-refractivity contribution in [2.75, 3.05) is 20.1 Å². The average molecular weight is 222 g/mol. The van der Waals surface area contributed by atoms with Gasteiger partial charge in [-0.25, -0.2) is 0 Å². The number of hydrogen-bond donors (Lipinski definition) is 1. The Hall–Kier alpha value is -0.870. The number of rotatable bonds is 4. The van der Waals surface area contributed by atoms with E-state index in [4.69, 9.17) is 0 Å². The number of hydrogen-bond acceptors (Lipinski definition) is 3. The summed E-state index contributed by atoms with van der Waals surface area (Å²) in [6, 6.07) is 2.89. The van der Waals surface area contributed by atoms with Crippen LogP contribution in [0.15, 0.2) is 6.07 Å². The van der Waals surface area contributed by atoms with E-state index in [-0.39, 0.29) is 0 Å². The molecule has 16 heavy (non-hydrogen) atoms. The Morgan fingerprint density at radius 3 is 2.94 bits per heavy atom. The lowest BCUT2D eigenvalue weighted by molar-refractivity contribution is 0.313. The van der Waals surface area contributed by atoms with Crippen LogP contribution in [0.5, 0.6) is 0 Å². The van der Waals surface area contributed by atoms with Gasteiger partial charge in [-0.2, -0.15) is 5.10 Å². The third-order valence-corrected chi connectivity index (χ3v) is 3.46. The van der Waals surface area contributed by atoms with Gasteiger partial charge in [0.25, 0.3) is 0 Å². The smallest absolute Gasteiger partial charge is 0.0625 e. The zero-order valence-corrected chi connectivity index (χ0v) is 10.5. The minimum absolute atomic E-state index is 0.666. The molecule has 0 spiro atoms. The van der Waals surface area contributed by atoms with E-state index in [9.17, 15) is 0 Å². The van der Waals surface area contributed by atoms with Gasteiger partial charge in [0.1, 0.15) is 0 Å². The maximum Gasteiger partial charge on any atom is 0.0625 e. The number of nitrogens with one attached hydrogen (secondary N) is 1. The lowest BCUT2D eigenvalue weighted by Crippen LogP contribution is -2.29. The second kappa shape index (κ2) is 4.97. The molecule has 0 bridgehead atoms. The predicted molar refractivity (Wildman–Crippen MR) is 65.3 cm³/mol. The Kier molecular flexibility index (Phi) is 3.61. The molecule has 0 amide bonds. The molecule has 1 aliphatic heterocycles. The van der Waals surface area contributed by atoms with E-state index < -0.39 is 0 Å². The lowest BCUT2D eigenvalue weighted by Gasteiger charge is -2.15. The molecule has 1 unspecified atom stereocenters. The van der Waals surface area contributed by atoms with E-state index in [0.29, 0.717) is 6.04 Å². The molecule has 1 N–H and O–H groups in total. The van der Waals surface area contributed by atoms with Crippen molar-refractivity contribution >= 4 is 0 Å². The number of nitrogens with zero attached hydrogens (tertiary/aromatic N) is 3. The third kappa shape index (κ3) is 2.44. The van der Waals surface area contributed by atoms with Gasteiger partial charge in [0.2, 0.25) is 0 Å². The molecule has 1 aromatic heterocycles. The summed E-state index contributed by atoms with van der Waals surface area (Å²) in [5, 5.41) is 7.83. The molecule has 1 aliphatic rings. The van der Waals surface area contributed by atoms with Crippen LogP contribution >= 0.6 is 0 Å². The topological polar surface area (TPSA) is 33.1 Å². The molecular formula is C12H22N4. The number of aromatic nitrogens is 2. The van der Waals surface area contributed by atoms with Crippen LogP contribution in [0, 0.1) is 0 Å². The maximum absolute atomic E-state index is 4.48. The fraction of sp³-hybridized carbons (Fsp3) is 0.750. The molecule has 1 saturated heterocycles. The van der Waals surface area contributed by atoms with Gasteiger partial charge in [0, 0.05) is 32.7 Å². The Morgan fingerprint density at radius 1 is 1.56 bits per heavy atom. The highest BCUT2D eigenvalue weighted by molar-refractivity contribution is 5.10. The monoisotopic (exact) mass is 222 g/mol. The molecule has 0 radical (unpaired) electrons. The molecule has 1 atom stereocenters. The normalized spacial score (nSPS) is 21.8. The van der Waals surface area contributed by atoms with Crippen molar-refractivity contribution in [1.29, 1.82) is 0 Å². The molecule has 0 aromatic carbocycles. The van der Waals surface area contributed by atoms with E-state index in [0.717, 1.165) is 19.5 Å². The summed E-state index contributed by atoms with van der Waals surface area (Å²) in [5.74, 6) is 0. The van der Waals surface area contributed by atoms with Crippen LogP contribution in [0.1, 0.15) is 24.7 Å². The minimum Gasteiger partial charge on any atom is -0.316 e. The molecule has 4 heteroatoms. The first kappa shape index (κ1) is 11.6. The van der Waals surface area contributed by atoms with Crippen molar-refractivity contribution in [2.24, 2.45) is 7.05 Å². The molecule has 0 saturated carbocycles. The molecule has 0 aliphatic carbocycles. The van der Waals surface area contributed by atoms with E-state index >= 15 is 0 Å². The van der Waals surface area contributed by atoms with Gasteiger partial charge in [0.05, 0.1) is 11.4 Å². The predicted octanol–water partition coefficient (Wildman–Crippen LogP) is 0.776. The summed E-state index contributed by atoms with van der Waals surface area (Å²) < 4.78 is 2.02. The van der Waals surface area contributed by atoms with Crippen molar-refractivity contribution in [3.63, 3.8) is 0 Å². The van der Waals surface area contributed by atoms with Gasteiger partial charge in [-0.1, -0.05) is 6.92 Å². The van der Waals surface area contributed by atoms with Crippen molar-refractivity contribution in [3.8, 4) is 0 Å². The summed E-state index contributed by atoms with van der Waals surface area (Å²) in [6.07, 6.45) is 2.28. The summed E-state index contributed by atoms with van der Waals surface area (Å²) >= 11 is 0. The van der Waals surface area contributed by atoms with Crippen LogP contribution < -0.4 is 5.32 Å². The van der Waals surface area contributed by atoms with Gasteiger partial charge in [-0.05, 0) is 26.0 Å². The van der Waals surface area contributed by atoms with Crippen LogP contribution in [0.3, 0.4) is 0 Å². The first-order chi connectivity index (χ1) is 7.72. The molecule has 1 aromatic rings. The SMILES string of the molecule is CCc1cc(CN2CCC(NC)C2)n(C)n1. The van der Waals surface area contributed by atoms with Gasteiger partial charge in [-0.15, -0.1) is 0 Å². The quantitative estimate of drug-likeness (QED) is 0.817. The Labute approximate surface area is 97.6 Å². The largest absolute Gasteiger partial charge is 0.316 e. The number of aryl methyl sites for hydroxylation is 2. The van der Waals surface area contributed by atoms with Crippen LogP contribution in [0.2, 0.25) is 0 Å². The van der Waals surface area contributed by atoms with Crippen LogP contribution in [0.25, 0.3) is 0 Å². The van der Waals surface area contributed by atoms with E-state index in [1.165, 1.54) is 24.4 Å². The molecule has 1 fully saturated rings. The zero-order valence-electron chi connectivity index (χ0n) is 10.5.